The summed E-state index contributed by atoms with van der Waals surface area (Å²) in [6.45, 7) is 3.79. The quantitative estimate of drug-likeness (QED) is 0.306. The van der Waals surface area contributed by atoms with Crippen molar-refractivity contribution in [3.63, 3.8) is 0 Å². The van der Waals surface area contributed by atoms with Gasteiger partial charge in [-0.1, -0.05) is 12.1 Å². The number of aromatic nitrogens is 4. The second-order valence-electron chi connectivity index (χ2n) is 10.5. The van der Waals surface area contributed by atoms with Crippen LogP contribution >= 0.6 is 0 Å². The highest BCUT2D eigenvalue weighted by atomic mass is 16.5. The first-order valence-electron chi connectivity index (χ1n) is 14.3. The first-order chi connectivity index (χ1) is 21.0. The number of carbonyl (C=O) groups excluding carboxylic acids is 2. The lowest BCUT2D eigenvalue weighted by Gasteiger charge is -2.31. The number of amides is 3. The number of hydrogen-bond acceptors (Lipinski definition) is 9. The standard InChI is InChI=1S/C30H34N8O5/c1-42-30(41)37-12-10-24(11-13-37)38-28-25(18-31-38)27(36-14-16-43-17-15-36)34-26(35-28)21-4-8-23(9-5-21)33-29(40)32-22-6-2-20(19-39)3-7-22/h2-9,18,24,39H,10-17,19H2,1H3,(H2,32,33,40). The van der Waals surface area contributed by atoms with Crippen molar-refractivity contribution in [2.24, 2.45) is 0 Å². The van der Waals surface area contributed by atoms with Gasteiger partial charge in [-0.05, 0) is 54.8 Å². The van der Waals surface area contributed by atoms with Gasteiger partial charge < -0.3 is 35.0 Å². The number of anilines is 3. The van der Waals surface area contributed by atoms with E-state index in [4.69, 9.17) is 24.5 Å². The molecule has 2 aliphatic rings. The van der Waals surface area contributed by atoms with E-state index in [0.29, 0.717) is 43.5 Å². The number of morpholine rings is 1. The molecule has 2 aromatic carbocycles. The lowest BCUT2D eigenvalue weighted by atomic mass is 10.1. The van der Waals surface area contributed by atoms with Crippen LogP contribution in [0.1, 0.15) is 24.4 Å². The van der Waals surface area contributed by atoms with Crippen molar-refractivity contribution in [1.29, 1.82) is 0 Å². The van der Waals surface area contributed by atoms with Crippen LogP contribution in [0.15, 0.2) is 54.7 Å². The van der Waals surface area contributed by atoms with E-state index >= 15 is 0 Å². The fourth-order valence-corrected chi connectivity index (χ4v) is 5.43. The van der Waals surface area contributed by atoms with Crippen molar-refractivity contribution in [1.82, 2.24) is 24.6 Å². The van der Waals surface area contributed by atoms with Gasteiger partial charge in [-0.3, -0.25) is 0 Å². The van der Waals surface area contributed by atoms with Crippen molar-refractivity contribution in [3.05, 3.63) is 60.3 Å². The number of hydrogen-bond donors (Lipinski definition) is 3. The van der Waals surface area contributed by atoms with Crippen molar-refractivity contribution in [2.45, 2.75) is 25.5 Å². The molecule has 0 radical (unpaired) electrons. The minimum absolute atomic E-state index is 0.0534. The molecule has 6 rings (SSSR count). The molecule has 0 atom stereocenters. The number of fused-ring (bicyclic) bond motifs is 1. The van der Waals surface area contributed by atoms with Crippen LogP contribution in [0, 0.1) is 0 Å². The Kier molecular flexibility index (Phi) is 8.34. The third kappa shape index (κ3) is 6.22. The molecule has 4 heterocycles. The fraction of sp³-hybridized carbons (Fsp3) is 0.367. The van der Waals surface area contributed by atoms with Gasteiger partial charge in [0.2, 0.25) is 0 Å². The minimum Gasteiger partial charge on any atom is -0.453 e. The lowest BCUT2D eigenvalue weighted by Crippen LogP contribution is -2.39. The van der Waals surface area contributed by atoms with Gasteiger partial charge in [0.25, 0.3) is 0 Å². The summed E-state index contributed by atoms with van der Waals surface area (Å²) in [5.41, 5.74) is 3.55. The third-order valence-electron chi connectivity index (χ3n) is 7.78. The van der Waals surface area contributed by atoms with Crippen molar-refractivity contribution in [3.8, 4) is 11.4 Å². The molecular formula is C30H34N8O5. The Morgan fingerprint density at radius 1 is 0.953 bits per heavy atom. The second kappa shape index (κ2) is 12.6. The molecule has 224 valence electrons. The SMILES string of the molecule is COC(=O)N1CCC(n2ncc3c(N4CCOCC4)nc(-c4ccc(NC(=O)Nc5ccc(CO)cc5)cc4)nc32)CC1. The number of ether oxygens (including phenoxy) is 2. The second-order valence-corrected chi connectivity index (χ2v) is 10.5. The maximum absolute atomic E-state index is 12.5. The van der Waals surface area contributed by atoms with E-state index in [0.717, 1.165) is 53.9 Å². The van der Waals surface area contributed by atoms with Crippen LogP contribution in [0.2, 0.25) is 0 Å². The highest BCUT2D eigenvalue weighted by Gasteiger charge is 2.28. The molecule has 2 aromatic heterocycles. The van der Waals surface area contributed by atoms with Crippen LogP contribution in [0.4, 0.5) is 26.8 Å². The maximum atomic E-state index is 12.5. The highest BCUT2D eigenvalue weighted by molar-refractivity contribution is 5.99. The van der Waals surface area contributed by atoms with Gasteiger partial charge >= 0.3 is 12.1 Å². The van der Waals surface area contributed by atoms with Crippen molar-refractivity contribution in [2.75, 3.05) is 62.0 Å². The van der Waals surface area contributed by atoms with E-state index in [2.05, 4.69) is 15.5 Å². The van der Waals surface area contributed by atoms with E-state index in [1.807, 2.05) is 35.1 Å². The number of urea groups is 1. The maximum Gasteiger partial charge on any atom is 0.409 e. The molecule has 3 amide bonds. The molecule has 2 saturated heterocycles. The zero-order valence-corrected chi connectivity index (χ0v) is 23.9. The topological polar surface area (TPSA) is 147 Å². The van der Waals surface area contributed by atoms with Crippen LogP contribution in [-0.2, 0) is 16.1 Å². The molecule has 43 heavy (non-hydrogen) atoms. The largest absolute Gasteiger partial charge is 0.453 e. The number of piperidine rings is 1. The van der Waals surface area contributed by atoms with Gasteiger partial charge in [0, 0.05) is 43.1 Å². The number of nitrogens with zero attached hydrogens (tertiary/aromatic N) is 6. The van der Waals surface area contributed by atoms with E-state index in [-0.39, 0.29) is 24.8 Å². The van der Waals surface area contributed by atoms with E-state index in [1.165, 1.54) is 7.11 Å². The zero-order valence-electron chi connectivity index (χ0n) is 23.9. The molecule has 13 heteroatoms. The molecular weight excluding hydrogens is 552 g/mol. The van der Waals surface area contributed by atoms with Crippen LogP contribution in [0.25, 0.3) is 22.4 Å². The summed E-state index contributed by atoms with van der Waals surface area (Å²) < 4.78 is 12.4. The molecule has 0 aliphatic carbocycles. The molecule has 0 spiro atoms. The molecule has 3 N–H and O–H groups in total. The third-order valence-corrected chi connectivity index (χ3v) is 7.78. The molecule has 0 saturated carbocycles. The van der Waals surface area contributed by atoms with Crippen LogP contribution in [0.5, 0.6) is 0 Å². The summed E-state index contributed by atoms with van der Waals surface area (Å²) >= 11 is 0. The van der Waals surface area contributed by atoms with E-state index < -0.39 is 0 Å². The van der Waals surface area contributed by atoms with Crippen LogP contribution in [0.3, 0.4) is 0 Å². The molecule has 0 unspecified atom stereocenters. The summed E-state index contributed by atoms with van der Waals surface area (Å²) in [6, 6.07) is 14.1. The number of aliphatic hydroxyl groups is 1. The van der Waals surface area contributed by atoms with Gasteiger partial charge in [-0.15, -0.1) is 0 Å². The first-order valence-corrected chi connectivity index (χ1v) is 14.3. The smallest absolute Gasteiger partial charge is 0.409 e. The number of rotatable bonds is 6. The average molecular weight is 587 g/mol. The summed E-state index contributed by atoms with van der Waals surface area (Å²) in [6.07, 6.45) is 3.01. The minimum atomic E-state index is -0.376. The summed E-state index contributed by atoms with van der Waals surface area (Å²) in [5.74, 6) is 1.37. The van der Waals surface area contributed by atoms with Crippen LogP contribution < -0.4 is 15.5 Å². The van der Waals surface area contributed by atoms with Gasteiger partial charge in [0.15, 0.2) is 11.5 Å². The predicted molar refractivity (Wildman–Crippen MR) is 161 cm³/mol. The number of carbonyl (C=O) groups is 2. The summed E-state index contributed by atoms with van der Waals surface area (Å²) in [5, 5.41) is 20.5. The zero-order chi connectivity index (χ0) is 29.8. The Bertz CT molecular complexity index is 1580. The monoisotopic (exact) mass is 586 g/mol. The average Bonchev–Trinajstić information content (AvgIpc) is 3.49. The Labute approximate surface area is 248 Å². The van der Waals surface area contributed by atoms with E-state index in [1.54, 1.807) is 29.2 Å². The van der Waals surface area contributed by atoms with Gasteiger partial charge in [0.05, 0.1) is 44.6 Å². The highest BCUT2D eigenvalue weighted by Crippen LogP contribution is 2.32. The number of nitrogens with one attached hydrogen (secondary N) is 2. The van der Waals surface area contributed by atoms with Crippen molar-refractivity contribution >= 4 is 40.4 Å². The Balaban J connectivity index is 1.24. The molecule has 4 aromatic rings. The van der Waals surface area contributed by atoms with Crippen LogP contribution in [-0.4, -0.2) is 88.4 Å². The number of likely N-dealkylation sites (tertiary alicyclic amines) is 1. The molecule has 13 nitrogen and oxygen atoms in total. The fourth-order valence-electron chi connectivity index (χ4n) is 5.43. The first kappa shape index (κ1) is 28.4. The summed E-state index contributed by atoms with van der Waals surface area (Å²) in [7, 11) is 1.40. The van der Waals surface area contributed by atoms with Crippen molar-refractivity contribution < 1.29 is 24.2 Å². The predicted octanol–water partition coefficient (Wildman–Crippen LogP) is 3.87. The van der Waals surface area contributed by atoms with Gasteiger partial charge in [-0.25, -0.2) is 24.2 Å². The Morgan fingerprint density at radius 2 is 1.60 bits per heavy atom. The Morgan fingerprint density at radius 3 is 2.23 bits per heavy atom. The molecule has 2 aliphatic heterocycles. The normalized spacial score (nSPS) is 15.9. The number of aliphatic hydroxyl groups excluding tert-OH is 1. The summed E-state index contributed by atoms with van der Waals surface area (Å²) in [4.78, 5) is 38.4. The molecule has 2 fully saturated rings. The van der Waals surface area contributed by atoms with E-state index in [9.17, 15) is 14.7 Å². The number of methoxy groups -OCH3 is 1. The Hall–Kier alpha value is -4.75. The lowest BCUT2D eigenvalue weighted by molar-refractivity contribution is 0.106. The van der Waals surface area contributed by atoms with Gasteiger partial charge in [-0.2, -0.15) is 5.10 Å². The van der Waals surface area contributed by atoms with Gasteiger partial charge in [0.1, 0.15) is 5.82 Å². The molecule has 0 bridgehead atoms. The number of benzene rings is 2.